The maximum atomic E-state index is 13.6. The van der Waals surface area contributed by atoms with Crippen LogP contribution < -0.4 is 16.4 Å². The highest BCUT2D eigenvalue weighted by Crippen LogP contribution is 2.29. The van der Waals surface area contributed by atoms with Gasteiger partial charge in [0.25, 0.3) is 0 Å². The zero-order valence-electron chi connectivity index (χ0n) is 24.0. The summed E-state index contributed by atoms with van der Waals surface area (Å²) in [6.07, 6.45) is 5.49. The molecule has 1 saturated carbocycles. The number of benzene rings is 3. The van der Waals surface area contributed by atoms with E-state index >= 15 is 0 Å². The van der Waals surface area contributed by atoms with Crippen LogP contribution in [0.4, 0.5) is 5.69 Å². The third-order valence-corrected chi connectivity index (χ3v) is 8.41. The summed E-state index contributed by atoms with van der Waals surface area (Å²) in [4.78, 5) is 34.5. The number of carbonyl (C=O) groups excluding carboxylic acids is 2. The zero-order chi connectivity index (χ0) is 29.8. The Morgan fingerprint density at radius 3 is 2.44 bits per heavy atom. The number of aromatic nitrogens is 6. The fourth-order valence-corrected chi connectivity index (χ4v) is 5.83. The number of nitrogens with zero attached hydrogens (tertiary/aromatic N) is 4. The predicted molar refractivity (Wildman–Crippen MR) is 165 cm³/mol. The largest absolute Gasteiger partial charge is 0.345 e. The lowest BCUT2D eigenvalue weighted by molar-refractivity contribution is -0.130. The van der Waals surface area contributed by atoms with E-state index < -0.39 is 6.04 Å². The molecule has 0 bridgehead atoms. The standard InChI is InChI=1S/C32H35N9O2/c1-19-14-27-28(35-18-34-27)16-26(19)22-6-2-20(3-7-22)15-29(37-31(42)24-8-4-21(17-33)5-9-24)32(43)36-25-12-10-23(11-13-25)30-38-40-41-39-30/h2-3,6-7,10-14,16,18,21,24,29H,4-5,8-9,15,17,33H2,1H3,(H,34,35)(H,36,43)(H,37,42)(H,38,39,40,41)/t21?,24?,29-/m0/s1. The monoisotopic (exact) mass is 577 g/mol. The maximum absolute atomic E-state index is 13.6. The molecule has 0 radical (unpaired) electrons. The van der Waals surface area contributed by atoms with E-state index in [0.717, 1.165) is 64.5 Å². The molecule has 6 N–H and O–H groups in total. The second kappa shape index (κ2) is 12.5. The number of tetrazole rings is 1. The van der Waals surface area contributed by atoms with E-state index in [2.05, 4.69) is 72.4 Å². The molecule has 0 spiro atoms. The van der Waals surface area contributed by atoms with E-state index in [-0.39, 0.29) is 17.7 Å². The Bertz CT molecular complexity index is 1690. The van der Waals surface area contributed by atoms with E-state index in [0.29, 0.717) is 30.4 Å². The molecule has 2 aromatic heterocycles. The van der Waals surface area contributed by atoms with E-state index in [1.54, 1.807) is 18.5 Å². The molecule has 1 aliphatic carbocycles. The first-order valence-corrected chi connectivity index (χ1v) is 14.6. The fourth-order valence-electron chi connectivity index (χ4n) is 5.83. The molecule has 2 heterocycles. The highest BCUT2D eigenvalue weighted by molar-refractivity contribution is 5.97. The first-order chi connectivity index (χ1) is 21.0. The highest BCUT2D eigenvalue weighted by atomic mass is 16.2. The second-order valence-corrected chi connectivity index (χ2v) is 11.3. The minimum absolute atomic E-state index is 0.0809. The van der Waals surface area contributed by atoms with Crippen LogP contribution in [0.5, 0.6) is 0 Å². The molecule has 3 aromatic carbocycles. The lowest BCUT2D eigenvalue weighted by Gasteiger charge is -2.28. The minimum Gasteiger partial charge on any atom is -0.345 e. The molecule has 0 aliphatic heterocycles. The molecule has 5 aromatic rings. The number of anilines is 1. The van der Waals surface area contributed by atoms with Gasteiger partial charge in [-0.05, 0) is 109 Å². The molecule has 0 saturated heterocycles. The zero-order valence-corrected chi connectivity index (χ0v) is 24.0. The number of aromatic amines is 2. The molecular formula is C32H35N9O2. The van der Waals surface area contributed by atoms with Crippen LogP contribution in [0.15, 0.2) is 67.0 Å². The lowest BCUT2D eigenvalue weighted by atomic mass is 9.81. The molecule has 11 nitrogen and oxygen atoms in total. The van der Waals surface area contributed by atoms with Gasteiger partial charge in [0, 0.05) is 23.6 Å². The van der Waals surface area contributed by atoms with Crippen molar-refractivity contribution in [2.45, 2.75) is 45.1 Å². The van der Waals surface area contributed by atoms with Crippen LogP contribution in [0, 0.1) is 18.8 Å². The Morgan fingerprint density at radius 2 is 1.74 bits per heavy atom. The quantitative estimate of drug-likeness (QED) is 0.175. The number of fused-ring (bicyclic) bond motifs is 1. The Hall–Kier alpha value is -4.90. The van der Waals surface area contributed by atoms with Crippen molar-refractivity contribution < 1.29 is 9.59 Å². The average Bonchev–Trinajstić information content (AvgIpc) is 3.74. The summed E-state index contributed by atoms with van der Waals surface area (Å²) in [6.45, 7) is 2.73. The molecule has 2 amide bonds. The summed E-state index contributed by atoms with van der Waals surface area (Å²) in [5, 5.41) is 20.0. The van der Waals surface area contributed by atoms with Crippen molar-refractivity contribution in [1.29, 1.82) is 0 Å². The first kappa shape index (κ1) is 28.2. The number of hydrogen-bond acceptors (Lipinski definition) is 7. The number of hydrogen-bond donors (Lipinski definition) is 5. The van der Waals surface area contributed by atoms with E-state index in [1.807, 2.05) is 24.3 Å². The number of rotatable bonds is 9. The number of aryl methyl sites for hydroxylation is 1. The van der Waals surface area contributed by atoms with Gasteiger partial charge in [-0.3, -0.25) is 9.59 Å². The Morgan fingerprint density at radius 1 is 1.00 bits per heavy atom. The van der Waals surface area contributed by atoms with Crippen molar-refractivity contribution in [3.8, 4) is 22.5 Å². The van der Waals surface area contributed by atoms with Crippen LogP contribution in [0.2, 0.25) is 0 Å². The summed E-state index contributed by atoms with van der Waals surface area (Å²) in [6, 6.07) is 18.8. The van der Waals surface area contributed by atoms with Gasteiger partial charge < -0.3 is 21.4 Å². The summed E-state index contributed by atoms with van der Waals surface area (Å²) in [7, 11) is 0. The molecule has 1 aliphatic rings. The molecule has 1 fully saturated rings. The summed E-state index contributed by atoms with van der Waals surface area (Å²) in [5.74, 6) is 0.460. The molecule has 43 heavy (non-hydrogen) atoms. The normalized spacial score (nSPS) is 17.4. The predicted octanol–water partition coefficient (Wildman–Crippen LogP) is 4.15. The number of amides is 2. The lowest BCUT2D eigenvalue weighted by Crippen LogP contribution is -2.48. The van der Waals surface area contributed by atoms with Gasteiger partial charge in [-0.1, -0.05) is 24.3 Å². The number of carbonyl (C=O) groups is 2. The van der Waals surface area contributed by atoms with Crippen LogP contribution in [0.25, 0.3) is 33.5 Å². The Kier molecular flexibility index (Phi) is 8.23. The van der Waals surface area contributed by atoms with Gasteiger partial charge in [0.2, 0.25) is 17.6 Å². The molecule has 1 atom stereocenters. The van der Waals surface area contributed by atoms with Crippen molar-refractivity contribution in [2.24, 2.45) is 17.6 Å². The van der Waals surface area contributed by atoms with Crippen molar-refractivity contribution in [1.82, 2.24) is 35.9 Å². The van der Waals surface area contributed by atoms with Crippen molar-refractivity contribution >= 4 is 28.5 Å². The Balaban J connectivity index is 1.19. The third-order valence-electron chi connectivity index (χ3n) is 8.41. The van der Waals surface area contributed by atoms with Gasteiger partial charge in [0.1, 0.15) is 6.04 Å². The van der Waals surface area contributed by atoms with Gasteiger partial charge in [-0.2, -0.15) is 5.21 Å². The topological polar surface area (TPSA) is 167 Å². The van der Waals surface area contributed by atoms with E-state index in [9.17, 15) is 9.59 Å². The van der Waals surface area contributed by atoms with Crippen LogP contribution in [-0.2, 0) is 16.0 Å². The van der Waals surface area contributed by atoms with Crippen molar-refractivity contribution in [2.75, 3.05) is 11.9 Å². The van der Waals surface area contributed by atoms with Gasteiger partial charge in [0.15, 0.2) is 0 Å². The van der Waals surface area contributed by atoms with Crippen LogP contribution in [-0.4, -0.2) is 55.0 Å². The van der Waals surface area contributed by atoms with Gasteiger partial charge >= 0.3 is 0 Å². The third kappa shape index (κ3) is 6.46. The number of imidazole rings is 1. The summed E-state index contributed by atoms with van der Waals surface area (Å²) < 4.78 is 0. The van der Waals surface area contributed by atoms with Crippen LogP contribution in [0.1, 0.15) is 36.8 Å². The second-order valence-electron chi connectivity index (χ2n) is 11.3. The number of nitrogens with one attached hydrogen (secondary N) is 4. The smallest absolute Gasteiger partial charge is 0.247 e. The van der Waals surface area contributed by atoms with E-state index in [4.69, 9.17) is 5.73 Å². The van der Waals surface area contributed by atoms with Gasteiger partial charge in [0.05, 0.1) is 17.4 Å². The highest BCUT2D eigenvalue weighted by Gasteiger charge is 2.29. The molecule has 6 rings (SSSR count). The molecule has 11 heteroatoms. The number of H-pyrrole nitrogens is 2. The minimum atomic E-state index is -0.746. The van der Waals surface area contributed by atoms with Gasteiger partial charge in [-0.15, -0.1) is 10.2 Å². The fraction of sp³-hybridized carbons (Fsp3) is 0.312. The first-order valence-electron chi connectivity index (χ1n) is 14.6. The average molecular weight is 578 g/mol. The van der Waals surface area contributed by atoms with Crippen LogP contribution >= 0.6 is 0 Å². The Labute approximate surface area is 249 Å². The van der Waals surface area contributed by atoms with Crippen molar-refractivity contribution in [3.05, 3.63) is 78.1 Å². The molecule has 220 valence electrons. The number of nitrogens with two attached hydrogens (primary N) is 1. The summed E-state index contributed by atoms with van der Waals surface area (Å²) >= 11 is 0. The SMILES string of the molecule is Cc1cc2[nH]cnc2cc1-c1ccc(C[C@H](NC(=O)C2CCC(CN)CC2)C(=O)Nc2ccc(-c3nn[nH]n3)cc2)cc1. The van der Waals surface area contributed by atoms with Gasteiger partial charge in [-0.25, -0.2) is 4.98 Å². The van der Waals surface area contributed by atoms with E-state index in [1.165, 1.54) is 0 Å². The summed E-state index contributed by atoms with van der Waals surface area (Å²) in [5.41, 5.74) is 13.4. The maximum Gasteiger partial charge on any atom is 0.247 e. The molecular weight excluding hydrogens is 542 g/mol. The van der Waals surface area contributed by atoms with Crippen molar-refractivity contribution in [3.63, 3.8) is 0 Å². The van der Waals surface area contributed by atoms with Crippen LogP contribution in [0.3, 0.4) is 0 Å². The molecule has 0 unspecified atom stereocenters.